The van der Waals surface area contributed by atoms with Gasteiger partial charge in [-0.05, 0) is 48.7 Å². The Morgan fingerprint density at radius 3 is 2.59 bits per heavy atom. The van der Waals surface area contributed by atoms with Crippen molar-refractivity contribution in [1.29, 1.82) is 10.5 Å². The first-order valence-corrected chi connectivity index (χ1v) is 9.94. The van der Waals surface area contributed by atoms with Crippen LogP contribution in [0.25, 0.3) is 16.5 Å². The van der Waals surface area contributed by atoms with E-state index in [2.05, 4.69) is 21.4 Å². The predicted molar refractivity (Wildman–Crippen MR) is 122 cm³/mol. The van der Waals surface area contributed by atoms with Crippen LogP contribution in [-0.4, -0.2) is 14.5 Å². The van der Waals surface area contributed by atoms with Crippen LogP contribution in [0.1, 0.15) is 29.8 Å². The maximum atomic E-state index is 13.5. The zero-order valence-electron chi connectivity index (χ0n) is 16.9. The Morgan fingerprint density at radius 2 is 1.91 bits per heavy atom. The van der Waals surface area contributed by atoms with Crippen LogP contribution < -0.4 is 16.6 Å². The Labute approximate surface area is 188 Å². The second-order valence-corrected chi connectivity index (χ2v) is 7.45. The van der Waals surface area contributed by atoms with Gasteiger partial charge in [0.05, 0.1) is 34.3 Å². The molecule has 2 aromatic carbocycles. The molecule has 0 amide bonds. The minimum atomic E-state index is -0.455. The smallest absolute Gasteiger partial charge is 0.264 e. The normalized spacial score (nSPS) is 11.5. The third-order valence-electron chi connectivity index (χ3n) is 5.00. The molecule has 4 aromatic rings. The van der Waals surface area contributed by atoms with Gasteiger partial charge in [0.1, 0.15) is 17.5 Å². The molecule has 3 N–H and O–H groups in total. The van der Waals surface area contributed by atoms with Gasteiger partial charge in [0.25, 0.3) is 5.56 Å². The molecule has 2 aromatic heterocycles. The first kappa shape index (κ1) is 20.9. The first-order valence-electron chi connectivity index (χ1n) is 9.56. The van der Waals surface area contributed by atoms with Gasteiger partial charge in [-0.15, -0.1) is 0 Å². The van der Waals surface area contributed by atoms with E-state index in [9.17, 15) is 10.1 Å². The first-order chi connectivity index (χ1) is 15.4. The molecule has 1 atom stereocenters. The second kappa shape index (κ2) is 8.38. The molecule has 0 bridgehead atoms. The van der Waals surface area contributed by atoms with Crippen LogP contribution in [0.3, 0.4) is 0 Å². The number of pyridine rings is 1. The van der Waals surface area contributed by atoms with Crippen LogP contribution in [0.4, 0.5) is 11.8 Å². The van der Waals surface area contributed by atoms with Crippen molar-refractivity contribution in [2.45, 2.75) is 13.0 Å². The third-order valence-corrected chi connectivity index (χ3v) is 5.32. The maximum Gasteiger partial charge on any atom is 0.264 e. The number of benzene rings is 2. The average Bonchev–Trinajstić information content (AvgIpc) is 2.79. The molecule has 0 aliphatic rings. The number of nitriles is 2. The number of halogens is 1. The molecular formula is C23H16ClN7O. The molecule has 0 saturated heterocycles. The van der Waals surface area contributed by atoms with Crippen molar-refractivity contribution >= 4 is 34.1 Å². The lowest BCUT2D eigenvalue weighted by Crippen LogP contribution is -2.26. The zero-order chi connectivity index (χ0) is 22.8. The fraction of sp³-hybridized carbons (Fsp3) is 0.0870. The van der Waals surface area contributed by atoms with Gasteiger partial charge in [-0.1, -0.05) is 23.7 Å². The average molecular weight is 442 g/mol. The lowest BCUT2D eigenvalue weighted by molar-refractivity contribution is 0.772. The number of hydrogen-bond donors (Lipinski definition) is 2. The Bertz CT molecular complexity index is 1480. The summed E-state index contributed by atoms with van der Waals surface area (Å²) in [6.45, 7) is 1.84. The van der Waals surface area contributed by atoms with Crippen molar-refractivity contribution in [2.75, 3.05) is 11.1 Å². The summed E-state index contributed by atoms with van der Waals surface area (Å²) in [7, 11) is 0. The number of nitrogens with zero attached hydrogens (tertiary/aromatic N) is 5. The number of hydrogen-bond acceptors (Lipinski definition) is 7. The van der Waals surface area contributed by atoms with Gasteiger partial charge >= 0.3 is 0 Å². The summed E-state index contributed by atoms with van der Waals surface area (Å²) in [5.74, 6) is 0.283. The fourth-order valence-electron chi connectivity index (χ4n) is 3.48. The van der Waals surface area contributed by atoms with Crippen molar-refractivity contribution in [3.05, 3.63) is 86.9 Å². The largest absolute Gasteiger partial charge is 0.368 e. The van der Waals surface area contributed by atoms with Crippen molar-refractivity contribution in [1.82, 2.24) is 14.5 Å². The highest BCUT2D eigenvalue weighted by Crippen LogP contribution is 2.27. The van der Waals surface area contributed by atoms with E-state index in [1.807, 2.05) is 25.1 Å². The van der Waals surface area contributed by atoms with Crippen molar-refractivity contribution in [3.8, 4) is 17.8 Å². The van der Waals surface area contributed by atoms with E-state index in [-0.39, 0.29) is 22.9 Å². The van der Waals surface area contributed by atoms with Gasteiger partial charge in [-0.2, -0.15) is 15.5 Å². The van der Waals surface area contributed by atoms with Gasteiger partial charge in [0.15, 0.2) is 0 Å². The second-order valence-electron chi connectivity index (χ2n) is 7.04. The fourth-order valence-corrected chi connectivity index (χ4v) is 3.74. The minimum Gasteiger partial charge on any atom is -0.368 e. The summed E-state index contributed by atoms with van der Waals surface area (Å²) < 4.78 is 1.53. The topological polar surface area (TPSA) is 133 Å². The molecule has 4 rings (SSSR count). The van der Waals surface area contributed by atoms with E-state index in [0.717, 1.165) is 0 Å². The molecule has 2 heterocycles. The Hall–Kier alpha value is -4.40. The number of rotatable bonds is 4. The molecule has 0 aliphatic heterocycles. The molecule has 8 nitrogen and oxygen atoms in total. The van der Waals surface area contributed by atoms with Crippen molar-refractivity contribution < 1.29 is 0 Å². The van der Waals surface area contributed by atoms with E-state index in [1.165, 1.54) is 10.8 Å². The van der Waals surface area contributed by atoms with E-state index < -0.39 is 6.04 Å². The van der Waals surface area contributed by atoms with Crippen LogP contribution in [-0.2, 0) is 0 Å². The van der Waals surface area contributed by atoms with Gasteiger partial charge in [-0.3, -0.25) is 9.36 Å². The highest BCUT2D eigenvalue weighted by molar-refractivity contribution is 6.35. The van der Waals surface area contributed by atoms with E-state index in [0.29, 0.717) is 32.7 Å². The van der Waals surface area contributed by atoms with Gasteiger partial charge in [0, 0.05) is 11.4 Å². The zero-order valence-corrected chi connectivity index (χ0v) is 17.6. The van der Waals surface area contributed by atoms with Gasteiger partial charge in [0.2, 0.25) is 5.95 Å². The summed E-state index contributed by atoms with van der Waals surface area (Å²) in [6.07, 6.45) is 1.34. The molecule has 32 heavy (non-hydrogen) atoms. The van der Waals surface area contributed by atoms with Crippen LogP contribution in [0.2, 0.25) is 5.02 Å². The summed E-state index contributed by atoms with van der Waals surface area (Å²) in [4.78, 5) is 21.5. The van der Waals surface area contributed by atoms with Crippen LogP contribution >= 0.6 is 11.6 Å². The third kappa shape index (κ3) is 3.71. The van der Waals surface area contributed by atoms with Gasteiger partial charge < -0.3 is 11.1 Å². The van der Waals surface area contributed by atoms with E-state index in [1.54, 1.807) is 36.4 Å². The molecule has 0 aliphatic carbocycles. The molecule has 0 saturated carbocycles. The quantitative estimate of drug-likeness (QED) is 0.490. The number of nitrogens with two attached hydrogens (primary N) is 1. The summed E-state index contributed by atoms with van der Waals surface area (Å²) in [5, 5.41) is 23.1. The summed E-state index contributed by atoms with van der Waals surface area (Å²) in [5.41, 5.74) is 7.27. The van der Waals surface area contributed by atoms with Crippen LogP contribution in [0, 0.1) is 22.7 Å². The van der Waals surface area contributed by atoms with Crippen molar-refractivity contribution in [3.63, 3.8) is 0 Å². The number of anilines is 2. The maximum absolute atomic E-state index is 13.5. The highest BCUT2D eigenvalue weighted by atomic mass is 35.5. The van der Waals surface area contributed by atoms with E-state index in [4.69, 9.17) is 22.6 Å². The molecule has 1 unspecified atom stereocenters. The standard InChI is InChI=1S/C23H16ClN7O/c1-13(29-21-16(11-26)12-28-23(27)30-21)19-9-15-3-2-4-18(24)20(15)22(32)31(19)17-7-5-14(10-25)6-8-17/h2-9,12-13H,1H3,(H3,27,28,29,30). The van der Waals surface area contributed by atoms with Crippen LogP contribution in [0.5, 0.6) is 0 Å². The molecule has 9 heteroatoms. The van der Waals surface area contributed by atoms with E-state index >= 15 is 0 Å². The monoisotopic (exact) mass is 441 g/mol. The number of fused-ring (bicyclic) bond motifs is 1. The number of nitrogen functional groups attached to an aromatic ring is 1. The SMILES string of the molecule is CC(Nc1nc(N)ncc1C#N)c1cc2cccc(Cl)c2c(=O)n1-c1ccc(C#N)cc1. The van der Waals surface area contributed by atoms with Crippen LogP contribution in [0.15, 0.2) is 59.5 Å². The lowest BCUT2D eigenvalue weighted by Gasteiger charge is -2.22. The summed E-state index contributed by atoms with van der Waals surface area (Å²) in [6, 6.07) is 17.4. The highest BCUT2D eigenvalue weighted by Gasteiger charge is 2.19. The van der Waals surface area contributed by atoms with Gasteiger partial charge in [-0.25, -0.2) is 4.98 Å². The molecule has 0 radical (unpaired) electrons. The molecular weight excluding hydrogens is 426 g/mol. The Balaban J connectivity index is 1.93. The molecule has 0 spiro atoms. The molecule has 156 valence electrons. The number of aromatic nitrogens is 3. The minimum absolute atomic E-state index is 0.0217. The molecule has 0 fully saturated rings. The predicted octanol–water partition coefficient (Wildman–Crippen LogP) is 3.93. The Morgan fingerprint density at radius 1 is 1.16 bits per heavy atom. The van der Waals surface area contributed by atoms with Crippen molar-refractivity contribution in [2.24, 2.45) is 0 Å². The summed E-state index contributed by atoms with van der Waals surface area (Å²) >= 11 is 6.35. The lowest BCUT2D eigenvalue weighted by atomic mass is 10.1. The number of nitrogens with one attached hydrogen (secondary N) is 1. The Kier molecular flexibility index (Phi) is 5.46.